The van der Waals surface area contributed by atoms with E-state index in [0.717, 1.165) is 20.1 Å². The van der Waals surface area contributed by atoms with Crippen LogP contribution in [0.5, 0.6) is 0 Å². The highest BCUT2D eigenvalue weighted by atomic mass is 19.4. The Morgan fingerprint density at radius 3 is 2.21 bits per heavy atom. The van der Waals surface area contributed by atoms with Crippen molar-refractivity contribution in [3.63, 3.8) is 0 Å². The van der Waals surface area contributed by atoms with Crippen LogP contribution in [-0.2, 0) is 4.79 Å². The predicted octanol–water partition coefficient (Wildman–Crippen LogP) is -0.383. The van der Waals surface area contributed by atoms with Crippen molar-refractivity contribution in [2.24, 2.45) is 0 Å². The van der Waals surface area contributed by atoms with E-state index in [1.54, 1.807) is 0 Å². The summed E-state index contributed by atoms with van der Waals surface area (Å²) in [4.78, 5) is 16.2. The minimum atomic E-state index is -4.36. The van der Waals surface area contributed by atoms with Crippen molar-refractivity contribution < 1.29 is 23.1 Å². The van der Waals surface area contributed by atoms with Crippen LogP contribution >= 0.6 is 0 Å². The van der Waals surface area contributed by atoms with Gasteiger partial charge in [0.25, 0.3) is 0 Å². The highest BCUT2D eigenvalue weighted by molar-refractivity contribution is 5.78. The quantitative estimate of drug-likeness (QED) is 0.747. The molecule has 0 atom stereocenters. The second-order valence-corrected chi connectivity index (χ2v) is 4.71. The van der Waals surface area contributed by atoms with Gasteiger partial charge in [-0.05, 0) is 0 Å². The van der Waals surface area contributed by atoms with Gasteiger partial charge in [-0.25, -0.2) is 0 Å². The molecular formula is C11H20F3N3O2. The van der Waals surface area contributed by atoms with Crippen LogP contribution in [0.3, 0.4) is 0 Å². The Kier molecular flexibility index (Phi) is 6.02. The highest BCUT2D eigenvalue weighted by Gasteiger charge is 2.31. The number of β-amino-alcohol motifs (C(OH)–C–C–N with tert-alkyl or cyclic N) is 1. The molecule has 1 N–H and O–H groups in total. The predicted molar refractivity (Wildman–Crippen MR) is 63.7 cm³/mol. The highest BCUT2D eigenvalue weighted by Crippen LogP contribution is 2.15. The summed E-state index contributed by atoms with van der Waals surface area (Å²) in [7, 11) is 1.16. The first kappa shape index (κ1) is 16.2. The summed E-state index contributed by atoms with van der Waals surface area (Å²) in [5, 5.41) is 8.79. The number of hydrogen-bond acceptors (Lipinski definition) is 4. The molecule has 0 saturated carbocycles. The lowest BCUT2D eigenvalue weighted by atomic mass is 10.3. The Bertz CT molecular complexity index is 291. The van der Waals surface area contributed by atoms with Gasteiger partial charge >= 0.3 is 6.18 Å². The SMILES string of the molecule is CN(CC(F)(F)F)C(=O)CN1CCN(CCO)CC1. The smallest absolute Gasteiger partial charge is 0.395 e. The summed E-state index contributed by atoms with van der Waals surface area (Å²) in [6, 6.07) is 0. The van der Waals surface area contributed by atoms with Crippen LogP contribution in [0.1, 0.15) is 0 Å². The summed E-state index contributed by atoms with van der Waals surface area (Å²) in [5.41, 5.74) is 0. The van der Waals surface area contributed by atoms with Crippen LogP contribution in [0.2, 0.25) is 0 Å². The van der Waals surface area contributed by atoms with Crippen molar-refractivity contribution in [3.05, 3.63) is 0 Å². The van der Waals surface area contributed by atoms with Crippen LogP contribution in [0.15, 0.2) is 0 Å². The summed E-state index contributed by atoms with van der Waals surface area (Å²) < 4.78 is 36.4. The first-order valence-corrected chi connectivity index (χ1v) is 6.18. The third-order valence-electron chi connectivity index (χ3n) is 3.08. The fourth-order valence-electron chi connectivity index (χ4n) is 1.98. The van der Waals surface area contributed by atoms with E-state index in [0.29, 0.717) is 24.5 Å². The fourth-order valence-corrected chi connectivity index (χ4v) is 1.98. The zero-order valence-corrected chi connectivity index (χ0v) is 11.0. The number of hydrogen-bond donors (Lipinski definition) is 1. The Morgan fingerprint density at radius 2 is 1.74 bits per heavy atom. The number of nitrogens with zero attached hydrogens (tertiary/aromatic N) is 3. The minimum Gasteiger partial charge on any atom is -0.395 e. The fraction of sp³-hybridized carbons (Fsp3) is 0.909. The molecule has 0 unspecified atom stereocenters. The monoisotopic (exact) mass is 283 g/mol. The van der Waals surface area contributed by atoms with E-state index in [1.807, 2.05) is 4.90 Å². The number of halogens is 3. The standard InChI is InChI=1S/C11H20F3N3O2/c1-15(9-11(12,13)14)10(19)8-17-4-2-16(3-5-17)6-7-18/h18H,2-9H2,1H3. The molecule has 0 radical (unpaired) electrons. The van der Waals surface area contributed by atoms with Gasteiger partial charge < -0.3 is 10.0 Å². The van der Waals surface area contributed by atoms with Gasteiger partial charge in [0, 0.05) is 39.8 Å². The molecule has 1 aliphatic heterocycles. The second kappa shape index (κ2) is 7.06. The number of piperazine rings is 1. The lowest BCUT2D eigenvalue weighted by Crippen LogP contribution is -2.50. The summed E-state index contributed by atoms with van der Waals surface area (Å²) in [5.74, 6) is -0.520. The average Bonchev–Trinajstić information content (AvgIpc) is 2.29. The molecular weight excluding hydrogens is 263 g/mol. The van der Waals surface area contributed by atoms with Gasteiger partial charge in [-0.3, -0.25) is 14.6 Å². The maximum absolute atomic E-state index is 12.1. The molecule has 19 heavy (non-hydrogen) atoms. The van der Waals surface area contributed by atoms with Gasteiger partial charge in [0.05, 0.1) is 13.2 Å². The number of amides is 1. The van der Waals surface area contributed by atoms with E-state index >= 15 is 0 Å². The van der Waals surface area contributed by atoms with Gasteiger partial charge in [-0.1, -0.05) is 0 Å². The number of rotatable bonds is 5. The Hall–Kier alpha value is -0.860. The Morgan fingerprint density at radius 1 is 1.21 bits per heavy atom. The second-order valence-electron chi connectivity index (χ2n) is 4.71. The normalized spacial score (nSPS) is 18.6. The molecule has 0 bridgehead atoms. The van der Waals surface area contributed by atoms with Crippen LogP contribution in [0.4, 0.5) is 13.2 Å². The third kappa shape index (κ3) is 6.22. The Balaban J connectivity index is 2.30. The topological polar surface area (TPSA) is 47.0 Å². The van der Waals surface area contributed by atoms with E-state index in [2.05, 4.69) is 4.90 Å². The molecule has 5 nitrogen and oxygen atoms in total. The number of aliphatic hydroxyl groups excluding tert-OH is 1. The van der Waals surface area contributed by atoms with Crippen LogP contribution in [-0.4, -0.2) is 91.4 Å². The summed E-state index contributed by atoms with van der Waals surface area (Å²) in [6.45, 7) is 2.18. The van der Waals surface area contributed by atoms with E-state index < -0.39 is 18.6 Å². The maximum Gasteiger partial charge on any atom is 0.406 e. The number of likely N-dealkylation sites (N-methyl/N-ethyl adjacent to an activating group) is 1. The van der Waals surface area contributed by atoms with Gasteiger partial charge in [-0.15, -0.1) is 0 Å². The summed E-state index contributed by atoms with van der Waals surface area (Å²) >= 11 is 0. The van der Waals surface area contributed by atoms with Crippen molar-refractivity contribution in [1.29, 1.82) is 0 Å². The third-order valence-corrected chi connectivity index (χ3v) is 3.08. The van der Waals surface area contributed by atoms with Crippen molar-refractivity contribution in [2.45, 2.75) is 6.18 Å². The van der Waals surface area contributed by atoms with E-state index in [9.17, 15) is 18.0 Å². The molecule has 1 amide bonds. The molecule has 0 aromatic rings. The molecule has 0 spiro atoms. The molecule has 1 rings (SSSR count). The largest absolute Gasteiger partial charge is 0.406 e. The molecule has 0 aromatic heterocycles. The molecule has 0 aliphatic carbocycles. The van der Waals surface area contributed by atoms with E-state index in [4.69, 9.17) is 5.11 Å². The van der Waals surface area contributed by atoms with Gasteiger partial charge in [0.1, 0.15) is 6.54 Å². The number of alkyl halides is 3. The molecule has 112 valence electrons. The van der Waals surface area contributed by atoms with Crippen LogP contribution in [0.25, 0.3) is 0 Å². The molecule has 1 fully saturated rings. The number of aliphatic hydroxyl groups is 1. The zero-order valence-electron chi connectivity index (χ0n) is 11.0. The maximum atomic E-state index is 12.1. The van der Waals surface area contributed by atoms with Crippen LogP contribution in [0, 0.1) is 0 Å². The molecule has 0 aromatic carbocycles. The number of carbonyl (C=O) groups excluding carboxylic acids is 1. The van der Waals surface area contributed by atoms with Gasteiger partial charge in [0.2, 0.25) is 5.91 Å². The first-order chi connectivity index (χ1) is 8.81. The lowest BCUT2D eigenvalue weighted by molar-refractivity contribution is -0.159. The summed E-state index contributed by atoms with van der Waals surface area (Å²) in [6.07, 6.45) is -4.36. The minimum absolute atomic E-state index is 0.0134. The number of carbonyl (C=O) groups is 1. The van der Waals surface area contributed by atoms with Crippen molar-refractivity contribution >= 4 is 5.91 Å². The van der Waals surface area contributed by atoms with Crippen LogP contribution < -0.4 is 0 Å². The zero-order chi connectivity index (χ0) is 14.5. The molecule has 1 aliphatic rings. The first-order valence-electron chi connectivity index (χ1n) is 6.18. The molecule has 1 saturated heterocycles. The Labute approximate surface area is 110 Å². The molecule has 8 heteroatoms. The molecule has 1 heterocycles. The van der Waals surface area contributed by atoms with Gasteiger partial charge in [-0.2, -0.15) is 13.2 Å². The van der Waals surface area contributed by atoms with Crippen molar-refractivity contribution in [3.8, 4) is 0 Å². The van der Waals surface area contributed by atoms with Crippen molar-refractivity contribution in [2.75, 3.05) is 59.5 Å². The average molecular weight is 283 g/mol. The van der Waals surface area contributed by atoms with E-state index in [-0.39, 0.29) is 13.2 Å². The lowest BCUT2D eigenvalue weighted by Gasteiger charge is -2.34. The van der Waals surface area contributed by atoms with E-state index in [1.165, 1.54) is 0 Å². The van der Waals surface area contributed by atoms with Crippen molar-refractivity contribution in [1.82, 2.24) is 14.7 Å². The van der Waals surface area contributed by atoms with Gasteiger partial charge in [0.15, 0.2) is 0 Å².